The monoisotopic (exact) mass is 495 g/mol. The van der Waals surface area contributed by atoms with Gasteiger partial charge in [0.1, 0.15) is 11.6 Å². The third kappa shape index (κ3) is 6.14. The molecule has 1 saturated carbocycles. The van der Waals surface area contributed by atoms with E-state index in [0.717, 1.165) is 0 Å². The summed E-state index contributed by atoms with van der Waals surface area (Å²) < 4.78 is 55.8. The Kier molecular flexibility index (Phi) is 7.78. The number of benzene rings is 1. The Hall–Kier alpha value is -3.08. The van der Waals surface area contributed by atoms with Crippen molar-refractivity contribution in [3.05, 3.63) is 58.9 Å². The lowest BCUT2D eigenvalue weighted by molar-refractivity contribution is -0.194. The third-order valence-electron chi connectivity index (χ3n) is 6.65. The topological polar surface area (TPSA) is 101 Å². The van der Waals surface area contributed by atoms with Crippen molar-refractivity contribution in [1.82, 2.24) is 20.2 Å². The van der Waals surface area contributed by atoms with Crippen molar-refractivity contribution in [2.45, 2.75) is 50.7 Å². The Morgan fingerprint density at radius 1 is 1.20 bits per heavy atom. The van der Waals surface area contributed by atoms with Crippen molar-refractivity contribution >= 4 is 11.8 Å². The Balaban J connectivity index is 1.70. The zero-order valence-electron chi connectivity index (χ0n) is 19.8. The number of alkyl halides is 3. The SMILES string of the molecule is Cc1ncc([C@@H](CC(=O)NC[C@H](Cc2ccc(C(N)=O)c(F)c2)N(C)C)C2(C(F)(F)F)CC2)cn1. The van der Waals surface area contributed by atoms with Crippen LogP contribution in [0.5, 0.6) is 0 Å². The van der Waals surface area contributed by atoms with E-state index in [1.54, 1.807) is 27.1 Å². The van der Waals surface area contributed by atoms with Crippen LogP contribution in [0, 0.1) is 18.2 Å². The van der Waals surface area contributed by atoms with Crippen LogP contribution in [-0.4, -0.2) is 59.5 Å². The molecule has 1 heterocycles. The van der Waals surface area contributed by atoms with Crippen LogP contribution in [-0.2, 0) is 11.2 Å². The Morgan fingerprint density at radius 3 is 2.31 bits per heavy atom. The first-order valence-corrected chi connectivity index (χ1v) is 11.2. The van der Waals surface area contributed by atoms with Crippen molar-refractivity contribution < 1.29 is 27.2 Å². The zero-order chi connectivity index (χ0) is 26.0. The number of primary amides is 1. The number of nitrogens with two attached hydrogens (primary N) is 1. The molecule has 1 aliphatic carbocycles. The van der Waals surface area contributed by atoms with E-state index in [-0.39, 0.29) is 43.0 Å². The minimum absolute atomic E-state index is 0.0461. The highest BCUT2D eigenvalue weighted by Crippen LogP contribution is 2.66. The molecule has 190 valence electrons. The van der Waals surface area contributed by atoms with Crippen molar-refractivity contribution in [1.29, 1.82) is 0 Å². The average Bonchev–Trinajstić information content (AvgIpc) is 3.57. The molecule has 3 N–H and O–H groups in total. The molecule has 0 bridgehead atoms. The van der Waals surface area contributed by atoms with Gasteiger partial charge >= 0.3 is 6.18 Å². The lowest BCUT2D eigenvalue weighted by Gasteiger charge is -2.29. The maximum Gasteiger partial charge on any atom is 0.395 e. The molecule has 3 rings (SSSR count). The van der Waals surface area contributed by atoms with Crippen LogP contribution in [0.4, 0.5) is 17.6 Å². The molecule has 0 radical (unpaired) electrons. The minimum Gasteiger partial charge on any atom is -0.366 e. The van der Waals surface area contributed by atoms with Gasteiger partial charge in [-0.1, -0.05) is 6.07 Å². The second-order valence-corrected chi connectivity index (χ2v) is 9.28. The molecule has 2 atom stereocenters. The third-order valence-corrected chi connectivity index (χ3v) is 6.65. The van der Waals surface area contributed by atoms with Crippen LogP contribution >= 0.6 is 0 Å². The number of carbonyl (C=O) groups is 2. The number of nitrogens with zero attached hydrogens (tertiary/aromatic N) is 3. The lowest BCUT2D eigenvalue weighted by atomic mass is 9.81. The number of hydrogen-bond donors (Lipinski definition) is 2. The van der Waals surface area contributed by atoms with Gasteiger partial charge in [-0.25, -0.2) is 14.4 Å². The van der Waals surface area contributed by atoms with Gasteiger partial charge in [0.25, 0.3) is 5.91 Å². The van der Waals surface area contributed by atoms with Gasteiger partial charge in [-0.15, -0.1) is 0 Å². The summed E-state index contributed by atoms with van der Waals surface area (Å²) in [5.74, 6) is -2.78. The first-order valence-electron chi connectivity index (χ1n) is 11.2. The van der Waals surface area contributed by atoms with E-state index < -0.39 is 35.1 Å². The second kappa shape index (κ2) is 10.3. The van der Waals surface area contributed by atoms with Gasteiger partial charge in [0.2, 0.25) is 5.91 Å². The number of nitrogens with one attached hydrogen (secondary N) is 1. The first kappa shape index (κ1) is 26.5. The van der Waals surface area contributed by atoms with E-state index >= 15 is 0 Å². The quantitative estimate of drug-likeness (QED) is 0.494. The highest BCUT2D eigenvalue weighted by atomic mass is 19.4. The van der Waals surface area contributed by atoms with Gasteiger partial charge in [-0.05, 0) is 63.5 Å². The molecule has 7 nitrogen and oxygen atoms in total. The molecule has 0 saturated heterocycles. The fourth-order valence-electron chi connectivity index (χ4n) is 4.26. The van der Waals surface area contributed by atoms with Gasteiger partial charge in [-0.2, -0.15) is 13.2 Å². The summed E-state index contributed by atoms with van der Waals surface area (Å²) in [5.41, 5.74) is 3.84. The molecule has 1 aromatic heterocycles. The van der Waals surface area contributed by atoms with Crippen molar-refractivity contribution in [3.63, 3.8) is 0 Å². The molecule has 35 heavy (non-hydrogen) atoms. The largest absolute Gasteiger partial charge is 0.395 e. The van der Waals surface area contributed by atoms with Gasteiger partial charge < -0.3 is 16.0 Å². The molecule has 11 heteroatoms. The van der Waals surface area contributed by atoms with Crippen molar-refractivity contribution in [2.75, 3.05) is 20.6 Å². The number of carbonyl (C=O) groups excluding carboxylic acids is 2. The maximum atomic E-state index is 14.1. The van der Waals surface area contributed by atoms with Crippen LogP contribution in [0.3, 0.4) is 0 Å². The van der Waals surface area contributed by atoms with E-state index in [2.05, 4.69) is 15.3 Å². The van der Waals surface area contributed by atoms with Crippen LogP contribution in [0.2, 0.25) is 0 Å². The highest BCUT2D eigenvalue weighted by molar-refractivity contribution is 5.93. The maximum absolute atomic E-state index is 14.1. The fraction of sp³-hybridized carbons (Fsp3) is 0.500. The van der Waals surface area contributed by atoms with Crippen molar-refractivity contribution in [2.24, 2.45) is 11.1 Å². The first-order chi connectivity index (χ1) is 16.3. The van der Waals surface area contributed by atoms with Crippen LogP contribution in [0.1, 0.15) is 52.5 Å². The summed E-state index contributed by atoms with van der Waals surface area (Å²) >= 11 is 0. The minimum atomic E-state index is -4.45. The molecule has 1 fully saturated rings. The van der Waals surface area contributed by atoms with Gasteiger partial charge in [0.15, 0.2) is 0 Å². The van der Waals surface area contributed by atoms with Gasteiger partial charge in [0, 0.05) is 37.3 Å². The normalized spacial score (nSPS) is 16.6. The van der Waals surface area contributed by atoms with Gasteiger partial charge in [-0.3, -0.25) is 9.59 Å². The number of aryl methyl sites for hydroxylation is 1. The summed E-state index contributed by atoms with van der Waals surface area (Å²) in [5, 5.41) is 2.73. The van der Waals surface area contributed by atoms with E-state index in [1.807, 2.05) is 4.90 Å². The zero-order valence-corrected chi connectivity index (χ0v) is 19.8. The molecule has 0 aliphatic heterocycles. The van der Waals surface area contributed by atoms with Crippen LogP contribution in [0.25, 0.3) is 0 Å². The van der Waals surface area contributed by atoms with Crippen molar-refractivity contribution in [3.8, 4) is 0 Å². The molecular weight excluding hydrogens is 466 g/mol. The summed E-state index contributed by atoms with van der Waals surface area (Å²) in [6.07, 6.45) is -1.84. The van der Waals surface area contributed by atoms with E-state index in [1.165, 1.54) is 24.5 Å². The Morgan fingerprint density at radius 2 is 1.83 bits per heavy atom. The molecule has 0 spiro atoms. The summed E-state index contributed by atoms with van der Waals surface area (Å²) in [7, 11) is 3.56. The number of amides is 2. The van der Waals surface area contributed by atoms with E-state index in [9.17, 15) is 27.2 Å². The number of halogens is 4. The van der Waals surface area contributed by atoms with E-state index in [4.69, 9.17) is 5.73 Å². The lowest BCUT2D eigenvalue weighted by Crippen LogP contribution is -2.42. The summed E-state index contributed by atoms with van der Waals surface area (Å²) in [4.78, 5) is 33.9. The molecule has 1 aromatic carbocycles. The van der Waals surface area contributed by atoms with Crippen LogP contribution in [0.15, 0.2) is 30.6 Å². The Labute approximate surface area is 201 Å². The fourth-order valence-corrected chi connectivity index (χ4v) is 4.26. The molecule has 2 amide bonds. The Bertz CT molecular complexity index is 1070. The number of hydrogen-bond acceptors (Lipinski definition) is 5. The predicted octanol–water partition coefficient (Wildman–Crippen LogP) is 3.13. The van der Waals surface area contributed by atoms with Gasteiger partial charge in [0.05, 0.1) is 11.0 Å². The second-order valence-electron chi connectivity index (χ2n) is 9.28. The molecule has 2 aromatic rings. The number of rotatable bonds is 10. The molecular formula is C24H29F4N5O2. The molecule has 0 unspecified atom stereocenters. The predicted molar refractivity (Wildman–Crippen MR) is 121 cm³/mol. The highest BCUT2D eigenvalue weighted by Gasteiger charge is 2.67. The molecule has 1 aliphatic rings. The average molecular weight is 496 g/mol. The van der Waals surface area contributed by atoms with E-state index in [0.29, 0.717) is 17.8 Å². The van der Waals surface area contributed by atoms with Crippen LogP contribution < -0.4 is 11.1 Å². The smallest absolute Gasteiger partial charge is 0.366 e. The summed E-state index contributed by atoms with van der Waals surface area (Å²) in [6, 6.07) is 3.83. The summed E-state index contributed by atoms with van der Waals surface area (Å²) in [6.45, 7) is 1.78. The standard InChI is InChI=1S/C24H29F4N5O2/c1-14-30-11-16(12-31-14)19(23(6-7-23)24(26,27)28)10-21(34)32-13-17(33(2)3)8-15-4-5-18(22(29)35)20(25)9-15/h4-5,9,11-12,17,19H,6-8,10,13H2,1-3H3,(H2,29,35)(H,32,34)/t17-,19+/m0/s1. The number of aromatic nitrogens is 2. The number of likely N-dealkylation sites (N-methyl/N-ethyl adjacent to an activating group) is 1.